The first-order valence-electron chi connectivity index (χ1n) is 8.60. The molecule has 0 aliphatic heterocycles. The summed E-state index contributed by atoms with van der Waals surface area (Å²) in [6.45, 7) is 1.41. The number of nitriles is 1. The molecule has 1 heterocycles. The highest BCUT2D eigenvalue weighted by Crippen LogP contribution is 2.16. The molecular weight excluding hydrogens is 434 g/mol. The number of carbonyl (C=O) groups excluding carboxylic acids is 1. The molecule has 1 aromatic carbocycles. The third-order valence-corrected chi connectivity index (χ3v) is 8.04. The van der Waals surface area contributed by atoms with Crippen LogP contribution in [0.4, 0.5) is 0 Å². The normalized spacial score (nSPS) is 12.8. The van der Waals surface area contributed by atoms with Crippen molar-refractivity contribution < 1.29 is 21.6 Å². The highest BCUT2D eigenvalue weighted by Gasteiger charge is 2.31. The second kappa shape index (κ2) is 9.96. The molecule has 1 amide bonds. The topological polar surface area (TPSA) is 134 Å². The number of aromatic nitrogens is 1. The molecule has 2 aromatic rings. The van der Waals surface area contributed by atoms with Gasteiger partial charge in [-0.15, -0.1) is 11.3 Å². The number of hydrogen-bond acceptors (Lipinski definition) is 8. The number of aryl methyl sites for hydroxylation is 1. The van der Waals surface area contributed by atoms with E-state index in [0.717, 1.165) is 0 Å². The lowest BCUT2D eigenvalue weighted by molar-refractivity contribution is -0.123. The molecule has 0 aliphatic carbocycles. The lowest BCUT2D eigenvalue weighted by Crippen LogP contribution is -2.39. The Kier molecular flexibility index (Phi) is 7.89. The molecule has 0 bridgehead atoms. The number of carbonyl (C=O) groups is 1. The van der Waals surface area contributed by atoms with E-state index in [9.17, 15) is 21.6 Å². The van der Waals surface area contributed by atoms with E-state index in [1.165, 1.54) is 11.3 Å². The van der Waals surface area contributed by atoms with Gasteiger partial charge in [-0.1, -0.05) is 30.3 Å². The number of thiazole rings is 1. The quantitative estimate of drug-likeness (QED) is 0.533. The summed E-state index contributed by atoms with van der Waals surface area (Å²) in [5.41, 5.74) is 0.903. The zero-order valence-corrected chi connectivity index (χ0v) is 18.2. The molecule has 156 valence electrons. The SMILES string of the molecule is Cc1nc(CS(=O)(=O)CC(CS(=O)(=O)Cc2ccccc2)C(=O)NCC#N)cs1. The van der Waals surface area contributed by atoms with Gasteiger partial charge in [-0.2, -0.15) is 5.26 Å². The summed E-state index contributed by atoms with van der Waals surface area (Å²) in [6, 6.07) is 10.2. The predicted molar refractivity (Wildman–Crippen MR) is 110 cm³/mol. The van der Waals surface area contributed by atoms with Gasteiger partial charge in [-0.25, -0.2) is 21.8 Å². The fourth-order valence-corrected chi connectivity index (χ4v) is 6.90. The second-order valence-electron chi connectivity index (χ2n) is 6.53. The average Bonchev–Trinajstić information content (AvgIpc) is 3.03. The monoisotopic (exact) mass is 455 g/mol. The van der Waals surface area contributed by atoms with Crippen LogP contribution in [0.5, 0.6) is 0 Å². The summed E-state index contributed by atoms with van der Waals surface area (Å²) in [7, 11) is -7.57. The number of rotatable bonds is 10. The Morgan fingerprint density at radius 2 is 1.76 bits per heavy atom. The van der Waals surface area contributed by atoms with Gasteiger partial charge < -0.3 is 5.32 Å². The van der Waals surface area contributed by atoms with E-state index in [2.05, 4.69) is 10.3 Å². The summed E-state index contributed by atoms with van der Waals surface area (Å²) in [5, 5.41) is 13.2. The van der Waals surface area contributed by atoms with Gasteiger partial charge in [-0.3, -0.25) is 4.79 Å². The minimum Gasteiger partial charge on any atom is -0.343 e. The maximum absolute atomic E-state index is 12.6. The van der Waals surface area contributed by atoms with Crippen molar-refractivity contribution in [3.63, 3.8) is 0 Å². The van der Waals surface area contributed by atoms with Crippen molar-refractivity contribution >= 4 is 36.9 Å². The molecular formula is C18H21N3O5S3. The maximum atomic E-state index is 12.6. The van der Waals surface area contributed by atoms with Crippen LogP contribution in [0, 0.1) is 24.2 Å². The largest absolute Gasteiger partial charge is 0.343 e. The molecule has 1 unspecified atom stereocenters. The van der Waals surface area contributed by atoms with Crippen LogP contribution in [0.1, 0.15) is 16.3 Å². The van der Waals surface area contributed by atoms with Crippen LogP contribution in [0.3, 0.4) is 0 Å². The van der Waals surface area contributed by atoms with Gasteiger partial charge in [0.25, 0.3) is 0 Å². The fourth-order valence-electron chi connectivity index (χ4n) is 2.73. The molecule has 2 rings (SSSR count). The van der Waals surface area contributed by atoms with Gasteiger partial charge in [0.15, 0.2) is 19.7 Å². The number of benzene rings is 1. The molecule has 29 heavy (non-hydrogen) atoms. The van der Waals surface area contributed by atoms with Gasteiger partial charge >= 0.3 is 0 Å². The summed E-state index contributed by atoms with van der Waals surface area (Å²) in [4.78, 5) is 16.5. The van der Waals surface area contributed by atoms with Crippen molar-refractivity contribution in [2.45, 2.75) is 18.4 Å². The van der Waals surface area contributed by atoms with Crippen LogP contribution >= 0.6 is 11.3 Å². The Hall–Kier alpha value is -2.29. The van der Waals surface area contributed by atoms with Crippen molar-refractivity contribution in [2.75, 3.05) is 18.1 Å². The van der Waals surface area contributed by atoms with Crippen molar-refractivity contribution in [1.29, 1.82) is 5.26 Å². The molecule has 0 spiro atoms. The predicted octanol–water partition coefficient (Wildman–Crippen LogP) is 1.24. The summed E-state index contributed by atoms with van der Waals surface area (Å²) >= 11 is 1.31. The molecule has 0 fully saturated rings. The Labute approximate surface area is 174 Å². The minimum atomic E-state index is -3.80. The summed E-state index contributed by atoms with van der Waals surface area (Å²) < 4.78 is 50.3. The maximum Gasteiger partial charge on any atom is 0.225 e. The number of hydrogen-bond donors (Lipinski definition) is 1. The zero-order chi connectivity index (χ0) is 21.5. The molecule has 8 nitrogen and oxygen atoms in total. The van der Waals surface area contributed by atoms with Crippen LogP contribution in [-0.2, 0) is 36.0 Å². The van der Waals surface area contributed by atoms with E-state index in [1.54, 1.807) is 48.7 Å². The molecule has 1 atom stereocenters. The number of nitrogens with zero attached hydrogens (tertiary/aromatic N) is 2. The summed E-state index contributed by atoms with van der Waals surface area (Å²) in [6.07, 6.45) is 0. The van der Waals surface area contributed by atoms with Crippen LogP contribution in [0.2, 0.25) is 0 Å². The second-order valence-corrected chi connectivity index (χ2v) is 11.8. The Morgan fingerprint density at radius 1 is 1.14 bits per heavy atom. The van der Waals surface area contributed by atoms with Gasteiger partial charge in [0.2, 0.25) is 5.91 Å². The highest BCUT2D eigenvalue weighted by molar-refractivity contribution is 7.91. The first kappa shape index (κ1) is 23.0. The molecule has 11 heteroatoms. The van der Waals surface area contributed by atoms with E-state index < -0.39 is 43.0 Å². The first-order chi connectivity index (χ1) is 13.6. The smallest absolute Gasteiger partial charge is 0.225 e. The van der Waals surface area contributed by atoms with Crippen molar-refractivity contribution in [3.8, 4) is 6.07 Å². The number of nitrogens with one attached hydrogen (secondary N) is 1. The highest BCUT2D eigenvalue weighted by atomic mass is 32.2. The van der Waals surface area contributed by atoms with Crippen LogP contribution in [0.15, 0.2) is 35.7 Å². The Morgan fingerprint density at radius 3 is 2.31 bits per heavy atom. The Balaban J connectivity index is 2.17. The van der Waals surface area contributed by atoms with E-state index in [0.29, 0.717) is 16.3 Å². The van der Waals surface area contributed by atoms with Crippen molar-refractivity contribution in [3.05, 3.63) is 52.0 Å². The molecule has 1 aromatic heterocycles. The fraction of sp³-hybridized carbons (Fsp3) is 0.389. The molecule has 0 saturated carbocycles. The van der Waals surface area contributed by atoms with Gasteiger partial charge in [0.05, 0.1) is 45.7 Å². The molecule has 0 radical (unpaired) electrons. The number of sulfone groups is 2. The van der Waals surface area contributed by atoms with E-state index in [4.69, 9.17) is 5.26 Å². The van der Waals surface area contributed by atoms with E-state index >= 15 is 0 Å². The molecule has 0 aliphatic rings. The van der Waals surface area contributed by atoms with Crippen LogP contribution < -0.4 is 5.32 Å². The van der Waals surface area contributed by atoms with E-state index in [-0.39, 0.29) is 18.1 Å². The number of amides is 1. The lowest BCUT2D eigenvalue weighted by atomic mass is 10.2. The minimum absolute atomic E-state index is 0.304. The molecule has 0 saturated heterocycles. The average molecular weight is 456 g/mol. The summed E-state index contributed by atoms with van der Waals surface area (Å²) in [5.74, 6) is -4.05. The van der Waals surface area contributed by atoms with Gasteiger partial charge in [0.1, 0.15) is 6.54 Å². The molecule has 1 N–H and O–H groups in total. The zero-order valence-electron chi connectivity index (χ0n) is 15.7. The third-order valence-electron chi connectivity index (χ3n) is 3.89. The third kappa shape index (κ3) is 7.92. The van der Waals surface area contributed by atoms with Gasteiger partial charge in [0, 0.05) is 5.38 Å². The van der Waals surface area contributed by atoms with Gasteiger partial charge in [-0.05, 0) is 12.5 Å². The van der Waals surface area contributed by atoms with E-state index in [1.807, 2.05) is 0 Å². The standard InChI is InChI=1S/C18H21N3O5S3/c1-14-21-17(9-27-14)13-29(25,26)12-16(18(22)20-8-7-19)11-28(23,24)10-15-5-3-2-4-6-15/h2-6,9,16H,8,10-13H2,1H3,(H,20,22). The van der Waals surface area contributed by atoms with Crippen molar-refractivity contribution in [2.24, 2.45) is 5.92 Å². The van der Waals surface area contributed by atoms with Crippen LogP contribution in [-0.4, -0.2) is 45.8 Å². The van der Waals surface area contributed by atoms with Crippen LogP contribution in [0.25, 0.3) is 0 Å². The Bertz CT molecular complexity index is 1090. The van der Waals surface area contributed by atoms with Crippen molar-refractivity contribution in [1.82, 2.24) is 10.3 Å². The first-order valence-corrected chi connectivity index (χ1v) is 13.1. The lowest BCUT2D eigenvalue weighted by Gasteiger charge is -2.16.